The van der Waals surface area contributed by atoms with E-state index >= 15 is 0 Å². The highest BCUT2D eigenvalue weighted by atomic mass is 16.6. The van der Waals surface area contributed by atoms with Crippen LogP contribution in [0.3, 0.4) is 0 Å². The van der Waals surface area contributed by atoms with Crippen LogP contribution in [0.5, 0.6) is 0 Å². The van der Waals surface area contributed by atoms with E-state index in [1.807, 2.05) is 0 Å². The number of rotatable bonds is 46. The number of ether oxygens (including phenoxy) is 4. The third-order valence-electron chi connectivity index (χ3n) is 17.6. The molecule has 2 saturated carbocycles. The van der Waals surface area contributed by atoms with E-state index in [1.54, 1.807) is 5.57 Å². The number of ketones is 1. The maximum absolute atomic E-state index is 13.1. The summed E-state index contributed by atoms with van der Waals surface area (Å²) in [5.74, 6) is 4.89. The fourth-order valence-electron chi connectivity index (χ4n) is 12.9. The molecule has 3 rings (SSSR count). The first-order valence-electron chi connectivity index (χ1n) is 31.4. The average Bonchev–Trinajstić information content (AvgIpc) is 3.85. The maximum atomic E-state index is 13.1. The topological polar surface area (TPSA) is 71.1 Å². The van der Waals surface area contributed by atoms with E-state index in [0.29, 0.717) is 39.3 Å². The molecule has 71 heavy (non-hydrogen) atoms. The lowest BCUT2D eigenvalue weighted by molar-refractivity contribution is -0.152. The minimum atomic E-state index is -0.209. The third-order valence-corrected chi connectivity index (χ3v) is 17.6. The van der Waals surface area contributed by atoms with Gasteiger partial charge in [-0.1, -0.05) is 201 Å². The van der Waals surface area contributed by atoms with Crippen LogP contribution in [-0.4, -0.2) is 57.0 Å². The fourth-order valence-corrected chi connectivity index (χ4v) is 12.9. The Morgan fingerprint density at radius 1 is 0.648 bits per heavy atom. The van der Waals surface area contributed by atoms with Crippen molar-refractivity contribution >= 4 is 11.8 Å². The van der Waals surface area contributed by atoms with Gasteiger partial charge in [-0.15, -0.1) is 0 Å². The first kappa shape index (κ1) is 63.8. The number of carbonyl (C=O) groups excluding carboxylic acids is 2. The van der Waals surface area contributed by atoms with E-state index in [2.05, 4.69) is 66.7 Å². The van der Waals surface area contributed by atoms with Gasteiger partial charge in [0.2, 0.25) is 0 Å². The summed E-state index contributed by atoms with van der Waals surface area (Å²) in [6.07, 6.45) is 52.6. The lowest BCUT2D eigenvalue weighted by atomic mass is 9.53. The standard InChI is InChI=1S/C65H118O6/c1-8-11-14-16-18-19-20-21-22-23-24-25-26-27-29-31-47-69-53-61(37-30-28-17-15-12-9-2)70-50-49-68-48-33-36-59(66)42-44-64(67)71-60-45-46-65(7)58(52-60)41-43-62(63(65)38-13-10-3)57-40-39-56(51-57)55(6)35-32-34-54(4)5/h18-19,41,54-57,60-63H,8-17,20-40,42-53H2,1-7H3/b19-18-/t55-,56+,57?,60+,61?,62?,63?,65+/m1/s1. The summed E-state index contributed by atoms with van der Waals surface area (Å²) in [5, 5.41) is 0. The van der Waals surface area contributed by atoms with Gasteiger partial charge < -0.3 is 18.9 Å². The number of fused-ring (bicyclic) bond motifs is 1. The number of hydrogen-bond acceptors (Lipinski definition) is 6. The molecule has 0 saturated heterocycles. The van der Waals surface area contributed by atoms with Crippen LogP contribution < -0.4 is 0 Å². The van der Waals surface area contributed by atoms with Crippen molar-refractivity contribution in [3.63, 3.8) is 0 Å². The summed E-state index contributed by atoms with van der Waals surface area (Å²) in [5.41, 5.74) is 1.78. The van der Waals surface area contributed by atoms with E-state index in [0.717, 1.165) is 74.2 Å². The van der Waals surface area contributed by atoms with Gasteiger partial charge in [-0.25, -0.2) is 0 Å². The molecule has 0 heterocycles. The quantitative estimate of drug-likeness (QED) is 0.0344. The Labute approximate surface area is 440 Å². The zero-order valence-electron chi connectivity index (χ0n) is 48.2. The van der Waals surface area contributed by atoms with Crippen LogP contribution >= 0.6 is 0 Å². The molecule has 3 aliphatic rings. The fraction of sp³-hybridized carbons (Fsp3) is 0.908. The molecule has 0 spiro atoms. The van der Waals surface area contributed by atoms with Crippen molar-refractivity contribution in [1.29, 1.82) is 0 Å². The predicted octanol–water partition coefficient (Wildman–Crippen LogP) is 19.1. The van der Waals surface area contributed by atoms with E-state index in [4.69, 9.17) is 18.9 Å². The van der Waals surface area contributed by atoms with Crippen LogP contribution in [0.25, 0.3) is 0 Å². The smallest absolute Gasteiger partial charge is 0.306 e. The van der Waals surface area contributed by atoms with Gasteiger partial charge in [-0.2, -0.15) is 0 Å². The number of unbranched alkanes of at least 4 members (excludes halogenated alkanes) is 18. The molecule has 2 fully saturated rings. The highest BCUT2D eigenvalue weighted by Gasteiger charge is 2.49. The second-order valence-electron chi connectivity index (χ2n) is 24.1. The van der Waals surface area contributed by atoms with Gasteiger partial charge in [0.1, 0.15) is 11.9 Å². The average molecular weight is 996 g/mol. The number of esters is 1. The van der Waals surface area contributed by atoms with Gasteiger partial charge in [0, 0.05) is 32.5 Å². The first-order valence-corrected chi connectivity index (χ1v) is 31.4. The van der Waals surface area contributed by atoms with E-state index in [9.17, 15) is 9.59 Å². The predicted molar refractivity (Wildman–Crippen MR) is 302 cm³/mol. The highest BCUT2D eigenvalue weighted by molar-refractivity contribution is 5.82. The van der Waals surface area contributed by atoms with E-state index in [-0.39, 0.29) is 42.2 Å². The van der Waals surface area contributed by atoms with Gasteiger partial charge in [-0.3, -0.25) is 9.59 Å². The number of Topliss-reactive ketones (excluding diaryl/α,β-unsaturated/α-hetero) is 1. The molecule has 0 aromatic heterocycles. The second-order valence-corrected chi connectivity index (χ2v) is 24.1. The minimum Gasteiger partial charge on any atom is -0.462 e. The van der Waals surface area contributed by atoms with Crippen molar-refractivity contribution in [1.82, 2.24) is 0 Å². The Kier molecular flexibility index (Phi) is 36.6. The summed E-state index contributed by atoms with van der Waals surface area (Å²) in [7, 11) is 0. The maximum Gasteiger partial charge on any atom is 0.306 e. The Bertz CT molecular complexity index is 1370. The monoisotopic (exact) mass is 995 g/mol. The van der Waals surface area contributed by atoms with Crippen LogP contribution in [0, 0.1) is 40.9 Å². The molecular weight excluding hydrogens is 877 g/mol. The largest absolute Gasteiger partial charge is 0.462 e. The Morgan fingerprint density at radius 3 is 2.01 bits per heavy atom. The van der Waals surface area contributed by atoms with Crippen molar-refractivity contribution < 1.29 is 28.5 Å². The number of hydrogen-bond donors (Lipinski definition) is 0. The van der Waals surface area contributed by atoms with Crippen molar-refractivity contribution in [2.45, 2.75) is 305 Å². The first-order chi connectivity index (χ1) is 34.6. The molecule has 3 aliphatic carbocycles. The molecule has 6 heteroatoms. The molecule has 0 bridgehead atoms. The lowest BCUT2D eigenvalue weighted by Crippen LogP contribution is -2.44. The zero-order chi connectivity index (χ0) is 51.2. The Hall–Kier alpha value is -1.50. The summed E-state index contributed by atoms with van der Waals surface area (Å²) >= 11 is 0. The van der Waals surface area contributed by atoms with Crippen molar-refractivity contribution in [2.24, 2.45) is 40.9 Å². The number of allylic oxidation sites excluding steroid dienone is 3. The Balaban J connectivity index is 1.25. The molecular formula is C65H118O6. The van der Waals surface area contributed by atoms with Crippen LogP contribution in [0.4, 0.5) is 0 Å². The van der Waals surface area contributed by atoms with Crippen LogP contribution in [0.2, 0.25) is 0 Å². The molecule has 0 aliphatic heterocycles. The molecule has 0 radical (unpaired) electrons. The molecule has 6 nitrogen and oxygen atoms in total. The molecule has 0 amide bonds. The summed E-state index contributed by atoms with van der Waals surface area (Å²) in [6.45, 7) is 19.8. The van der Waals surface area contributed by atoms with Gasteiger partial charge in [0.25, 0.3) is 0 Å². The lowest BCUT2D eigenvalue weighted by Gasteiger charge is -2.52. The molecule has 0 aromatic carbocycles. The SMILES string of the molecule is CCCCC/C=C\CCCCCCCCCCCOCC(CCCCCCCC)OCCOCCCC(=O)CCC(=O)O[C@H]1CC[C@@]2(C)C(=CCC(C3CC[C@H]([C@H](C)CCCC(C)C)C3)C2CCCC)C1. The van der Waals surface area contributed by atoms with Crippen LogP contribution in [0.1, 0.15) is 292 Å². The molecule has 4 unspecified atom stereocenters. The summed E-state index contributed by atoms with van der Waals surface area (Å²) < 4.78 is 24.4. The van der Waals surface area contributed by atoms with Crippen molar-refractivity contribution in [3.8, 4) is 0 Å². The van der Waals surface area contributed by atoms with Gasteiger partial charge in [0.05, 0.1) is 32.3 Å². The number of carbonyl (C=O) groups is 2. The molecule has 414 valence electrons. The Morgan fingerprint density at radius 2 is 1.30 bits per heavy atom. The zero-order valence-corrected chi connectivity index (χ0v) is 48.2. The highest BCUT2D eigenvalue weighted by Crippen LogP contribution is 2.58. The molecule has 0 N–H and O–H groups in total. The second kappa shape index (κ2) is 40.8. The van der Waals surface area contributed by atoms with Gasteiger partial charge in [-0.05, 0) is 131 Å². The molecule has 0 aromatic rings. The third kappa shape index (κ3) is 28.3. The van der Waals surface area contributed by atoms with Gasteiger partial charge >= 0.3 is 5.97 Å². The van der Waals surface area contributed by atoms with Crippen molar-refractivity contribution in [3.05, 3.63) is 23.8 Å². The van der Waals surface area contributed by atoms with E-state index in [1.165, 1.54) is 186 Å². The minimum absolute atomic E-state index is 0.0576. The normalized spacial score (nSPS) is 23.3. The summed E-state index contributed by atoms with van der Waals surface area (Å²) in [4.78, 5) is 25.9. The van der Waals surface area contributed by atoms with Crippen LogP contribution in [-0.2, 0) is 28.5 Å². The summed E-state index contributed by atoms with van der Waals surface area (Å²) in [6, 6.07) is 0. The van der Waals surface area contributed by atoms with Gasteiger partial charge in [0.15, 0.2) is 0 Å². The van der Waals surface area contributed by atoms with Crippen molar-refractivity contribution in [2.75, 3.05) is 33.0 Å². The molecule has 8 atom stereocenters. The van der Waals surface area contributed by atoms with Crippen LogP contribution in [0.15, 0.2) is 23.8 Å². The van der Waals surface area contributed by atoms with E-state index < -0.39 is 0 Å².